The molecule has 2 N–H and O–H groups in total. The lowest BCUT2D eigenvalue weighted by Crippen LogP contribution is -2.17. The minimum Gasteiger partial charge on any atom is -0.508 e. The number of benzene rings is 2. The number of ether oxygens (including phenoxy) is 1. The zero-order valence-corrected chi connectivity index (χ0v) is 10.9. The van der Waals surface area contributed by atoms with Crippen molar-refractivity contribution in [2.75, 3.05) is 7.11 Å². The molecule has 0 atom stereocenters. The Labute approximate surface area is 116 Å². The number of para-hydroxylation sites is 1. The van der Waals surface area contributed by atoms with E-state index in [0.29, 0.717) is 11.3 Å². The van der Waals surface area contributed by atoms with Crippen LogP contribution in [0.2, 0.25) is 0 Å². The van der Waals surface area contributed by atoms with Crippen LogP contribution in [0.4, 0.5) is 0 Å². The van der Waals surface area contributed by atoms with Crippen LogP contribution in [0.5, 0.6) is 11.5 Å². The molecule has 0 saturated carbocycles. The summed E-state index contributed by atoms with van der Waals surface area (Å²) in [5.74, 6) is 0.307. The minimum atomic E-state index is -0.396. The SMILES string of the molecule is COc1ccccc1/C=N\NC(=O)c1cccc(O)c1. The topological polar surface area (TPSA) is 70.9 Å². The molecule has 0 aliphatic heterocycles. The summed E-state index contributed by atoms with van der Waals surface area (Å²) in [5, 5.41) is 13.2. The number of nitrogens with one attached hydrogen (secondary N) is 1. The monoisotopic (exact) mass is 270 g/mol. The van der Waals surface area contributed by atoms with E-state index in [1.54, 1.807) is 25.3 Å². The van der Waals surface area contributed by atoms with Crippen LogP contribution in [-0.2, 0) is 0 Å². The first-order valence-corrected chi connectivity index (χ1v) is 5.96. The van der Waals surface area contributed by atoms with E-state index in [4.69, 9.17) is 4.74 Å². The number of nitrogens with zero attached hydrogens (tertiary/aromatic N) is 1. The molecule has 0 radical (unpaired) electrons. The molecule has 102 valence electrons. The van der Waals surface area contributed by atoms with E-state index in [-0.39, 0.29) is 5.75 Å². The zero-order chi connectivity index (χ0) is 14.4. The summed E-state index contributed by atoms with van der Waals surface area (Å²) in [4.78, 5) is 11.8. The Kier molecular flexibility index (Phi) is 4.34. The van der Waals surface area contributed by atoms with Gasteiger partial charge in [-0.05, 0) is 30.3 Å². The van der Waals surface area contributed by atoms with Crippen LogP contribution in [-0.4, -0.2) is 24.3 Å². The highest BCUT2D eigenvalue weighted by molar-refractivity contribution is 5.95. The van der Waals surface area contributed by atoms with Gasteiger partial charge in [0.25, 0.3) is 5.91 Å². The van der Waals surface area contributed by atoms with Crippen LogP contribution in [0.25, 0.3) is 0 Å². The number of aromatic hydroxyl groups is 1. The minimum absolute atomic E-state index is 0.0337. The van der Waals surface area contributed by atoms with Crippen molar-refractivity contribution in [1.82, 2.24) is 5.43 Å². The van der Waals surface area contributed by atoms with Crippen molar-refractivity contribution >= 4 is 12.1 Å². The molecule has 2 aromatic rings. The normalized spacial score (nSPS) is 10.4. The fourth-order valence-corrected chi connectivity index (χ4v) is 1.65. The third-order valence-corrected chi connectivity index (χ3v) is 2.62. The molecule has 2 rings (SSSR count). The number of hydrazone groups is 1. The molecule has 0 bridgehead atoms. The van der Waals surface area contributed by atoms with Crippen LogP contribution in [0.3, 0.4) is 0 Å². The van der Waals surface area contributed by atoms with Crippen LogP contribution in [0.1, 0.15) is 15.9 Å². The molecule has 0 aliphatic rings. The molecule has 0 spiro atoms. The Bertz CT molecular complexity index is 639. The van der Waals surface area contributed by atoms with Gasteiger partial charge < -0.3 is 9.84 Å². The second-order valence-corrected chi connectivity index (χ2v) is 3.99. The van der Waals surface area contributed by atoms with E-state index in [2.05, 4.69) is 10.5 Å². The van der Waals surface area contributed by atoms with Crippen LogP contribution >= 0.6 is 0 Å². The van der Waals surface area contributed by atoms with Gasteiger partial charge in [-0.3, -0.25) is 4.79 Å². The Balaban J connectivity index is 2.05. The molecule has 0 heterocycles. The van der Waals surface area contributed by atoms with Crippen molar-refractivity contribution in [3.05, 3.63) is 59.7 Å². The second-order valence-electron chi connectivity index (χ2n) is 3.99. The van der Waals surface area contributed by atoms with Gasteiger partial charge in [0.1, 0.15) is 11.5 Å². The highest BCUT2D eigenvalue weighted by Crippen LogP contribution is 2.14. The maximum Gasteiger partial charge on any atom is 0.271 e. The molecule has 2 aromatic carbocycles. The van der Waals surface area contributed by atoms with Crippen molar-refractivity contribution < 1.29 is 14.6 Å². The van der Waals surface area contributed by atoms with Crippen molar-refractivity contribution in [3.8, 4) is 11.5 Å². The first-order chi connectivity index (χ1) is 9.70. The summed E-state index contributed by atoms with van der Waals surface area (Å²) in [6.45, 7) is 0. The third kappa shape index (κ3) is 3.35. The molecule has 0 saturated heterocycles. The molecule has 0 unspecified atom stereocenters. The maximum atomic E-state index is 11.8. The van der Waals surface area contributed by atoms with Crippen molar-refractivity contribution in [2.24, 2.45) is 5.10 Å². The van der Waals surface area contributed by atoms with Crippen molar-refractivity contribution in [2.45, 2.75) is 0 Å². The second kappa shape index (κ2) is 6.38. The Morgan fingerprint density at radius 1 is 1.25 bits per heavy atom. The fraction of sp³-hybridized carbons (Fsp3) is 0.0667. The number of amides is 1. The molecule has 5 heteroatoms. The Morgan fingerprint density at radius 2 is 2.05 bits per heavy atom. The Morgan fingerprint density at radius 3 is 2.80 bits per heavy atom. The van der Waals surface area contributed by atoms with Gasteiger partial charge in [0.05, 0.1) is 13.3 Å². The van der Waals surface area contributed by atoms with Crippen LogP contribution in [0.15, 0.2) is 53.6 Å². The lowest BCUT2D eigenvalue weighted by molar-refractivity contribution is 0.0954. The van der Waals surface area contributed by atoms with E-state index in [1.807, 2.05) is 18.2 Å². The number of carbonyl (C=O) groups excluding carboxylic acids is 1. The predicted octanol–water partition coefficient (Wildman–Crippen LogP) is 2.16. The van der Waals surface area contributed by atoms with Gasteiger partial charge in [-0.2, -0.15) is 5.10 Å². The van der Waals surface area contributed by atoms with Gasteiger partial charge in [0.2, 0.25) is 0 Å². The van der Waals surface area contributed by atoms with Gasteiger partial charge >= 0.3 is 0 Å². The van der Waals surface area contributed by atoms with Gasteiger partial charge in [0.15, 0.2) is 0 Å². The standard InChI is InChI=1S/C15H14N2O3/c1-20-14-8-3-2-5-12(14)10-16-17-15(19)11-6-4-7-13(18)9-11/h2-10,18H,1H3,(H,17,19)/b16-10-. The third-order valence-electron chi connectivity index (χ3n) is 2.62. The number of phenols is 1. The lowest BCUT2D eigenvalue weighted by atomic mass is 10.2. The number of phenolic OH excluding ortho intramolecular Hbond substituents is 1. The average Bonchev–Trinajstić information content (AvgIpc) is 2.47. The average molecular weight is 270 g/mol. The molecular formula is C15H14N2O3. The smallest absolute Gasteiger partial charge is 0.271 e. The maximum absolute atomic E-state index is 11.8. The summed E-state index contributed by atoms with van der Waals surface area (Å²) in [6.07, 6.45) is 1.50. The van der Waals surface area contributed by atoms with E-state index in [1.165, 1.54) is 18.3 Å². The van der Waals surface area contributed by atoms with Crippen molar-refractivity contribution in [1.29, 1.82) is 0 Å². The highest BCUT2D eigenvalue weighted by atomic mass is 16.5. The van der Waals surface area contributed by atoms with E-state index in [9.17, 15) is 9.90 Å². The highest BCUT2D eigenvalue weighted by Gasteiger charge is 2.04. The molecular weight excluding hydrogens is 256 g/mol. The van der Waals surface area contributed by atoms with Crippen molar-refractivity contribution in [3.63, 3.8) is 0 Å². The van der Waals surface area contributed by atoms with Crippen LogP contribution < -0.4 is 10.2 Å². The number of rotatable bonds is 4. The fourth-order valence-electron chi connectivity index (χ4n) is 1.65. The lowest BCUT2D eigenvalue weighted by Gasteiger charge is -2.03. The largest absolute Gasteiger partial charge is 0.508 e. The first kappa shape index (κ1) is 13.6. The number of hydrogen-bond acceptors (Lipinski definition) is 4. The summed E-state index contributed by atoms with van der Waals surface area (Å²) >= 11 is 0. The Hall–Kier alpha value is -2.82. The number of carbonyl (C=O) groups is 1. The van der Waals surface area contributed by atoms with E-state index < -0.39 is 5.91 Å². The molecule has 0 aliphatic carbocycles. The zero-order valence-electron chi connectivity index (χ0n) is 10.9. The van der Waals surface area contributed by atoms with Crippen LogP contribution in [0, 0.1) is 0 Å². The molecule has 5 nitrogen and oxygen atoms in total. The first-order valence-electron chi connectivity index (χ1n) is 5.96. The molecule has 0 aromatic heterocycles. The summed E-state index contributed by atoms with van der Waals surface area (Å²) < 4.78 is 5.17. The van der Waals surface area contributed by atoms with Gasteiger partial charge in [-0.1, -0.05) is 18.2 Å². The number of methoxy groups -OCH3 is 1. The van der Waals surface area contributed by atoms with Gasteiger partial charge in [-0.15, -0.1) is 0 Å². The van der Waals surface area contributed by atoms with E-state index >= 15 is 0 Å². The predicted molar refractivity (Wildman–Crippen MR) is 76.2 cm³/mol. The van der Waals surface area contributed by atoms with Gasteiger partial charge in [-0.25, -0.2) is 5.43 Å². The molecule has 0 fully saturated rings. The molecule has 1 amide bonds. The van der Waals surface area contributed by atoms with E-state index in [0.717, 1.165) is 5.56 Å². The molecule has 20 heavy (non-hydrogen) atoms. The van der Waals surface area contributed by atoms with Gasteiger partial charge in [0, 0.05) is 11.1 Å². The summed E-state index contributed by atoms with van der Waals surface area (Å²) in [7, 11) is 1.57. The summed E-state index contributed by atoms with van der Waals surface area (Å²) in [6, 6.07) is 13.4. The summed E-state index contributed by atoms with van der Waals surface area (Å²) in [5.41, 5.74) is 3.48. The number of hydrogen-bond donors (Lipinski definition) is 2. The quantitative estimate of drug-likeness (QED) is 0.660.